The van der Waals surface area contributed by atoms with E-state index in [4.69, 9.17) is 9.47 Å². The van der Waals surface area contributed by atoms with Crippen molar-refractivity contribution in [3.8, 4) is 5.75 Å². The molecule has 0 unspecified atom stereocenters. The lowest BCUT2D eigenvalue weighted by molar-refractivity contribution is 0.0876. The summed E-state index contributed by atoms with van der Waals surface area (Å²) in [6.45, 7) is 3.00. The van der Waals surface area contributed by atoms with Crippen LogP contribution in [0.1, 0.15) is 30.8 Å². The molecule has 1 saturated heterocycles. The number of ether oxygens (including phenoxy) is 2. The van der Waals surface area contributed by atoms with Gasteiger partial charge in [0.25, 0.3) is 0 Å². The van der Waals surface area contributed by atoms with Gasteiger partial charge in [-0.15, -0.1) is 0 Å². The van der Waals surface area contributed by atoms with E-state index in [9.17, 15) is 0 Å². The number of imidazole rings is 1. The molecule has 5 nitrogen and oxygen atoms in total. The Balaban J connectivity index is 1.60. The molecule has 1 fully saturated rings. The third-order valence-electron chi connectivity index (χ3n) is 4.40. The Labute approximate surface area is 137 Å². The molecule has 0 spiro atoms. The summed E-state index contributed by atoms with van der Waals surface area (Å²) in [5.74, 6) is 1.89. The van der Waals surface area contributed by atoms with Crippen LogP contribution in [0.4, 0.5) is 0 Å². The Hall–Kier alpha value is -1.85. The minimum Gasteiger partial charge on any atom is -0.497 e. The van der Waals surface area contributed by atoms with Crippen molar-refractivity contribution in [3.63, 3.8) is 0 Å². The highest BCUT2D eigenvalue weighted by molar-refractivity contribution is 5.27. The maximum Gasteiger partial charge on any atom is 0.139 e. The van der Waals surface area contributed by atoms with E-state index < -0.39 is 0 Å². The molecule has 5 heteroatoms. The molecule has 0 aliphatic carbocycles. The van der Waals surface area contributed by atoms with Crippen LogP contribution in [0.3, 0.4) is 0 Å². The molecule has 0 amide bonds. The summed E-state index contributed by atoms with van der Waals surface area (Å²) in [5.41, 5.74) is 1.30. The van der Waals surface area contributed by atoms with E-state index in [-0.39, 0.29) is 6.10 Å². The first-order valence-corrected chi connectivity index (χ1v) is 8.15. The third-order valence-corrected chi connectivity index (χ3v) is 4.40. The maximum absolute atomic E-state index is 5.91. The first-order valence-electron chi connectivity index (χ1n) is 8.15. The van der Waals surface area contributed by atoms with Crippen LogP contribution < -0.4 is 10.1 Å². The highest BCUT2D eigenvalue weighted by Crippen LogP contribution is 2.28. The van der Waals surface area contributed by atoms with Crippen molar-refractivity contribution in [1.82, 2.24) is 14.9 Å². The molecule has 2 aromatic rings. The molecular weight excluding hydrogens is 290 g/mol. The van der Waals surface area contributed by atoms with E-state index in [0.717, 1.165) is 31.0 Å². The summed E-state index contributed by atoms with van der Waals surface area (Å²) in [6.07, 6.45) is 5.83. The predicted molar refractivity (Wildman–Crippen MR) is 89.6 cm³/mol. The van der Waals surface area contributed by atoms with Crippen molar-refractivity contribution in [3.05, 3.63) is 48.0 Å². The molecule has 0 bridgehead atoms. The first kappa shape index (κ1) is 16.0. The highest BCUT2D eigenvalue weighted by atomic mass is 16.5. The summed E-state index contributed by atoms with van der Waals surface area (Å²) < 4.78 is 13.2. The summed E-state index contributed by atoms with van der Waals surface area (Å²) >= 11 is 0. The van der Waals surface area contributed by atoms with Crippen LogP contribution in [0.5, 0.6) is 5.75 Å². The first-order chi connectivity index (χ1) is 11.2. The Morgan fingerprint density at radius 1 is 1.39 bits per heavy atom. The maximum atomic E-state index is 5.91. The van der Waals surface area contributed by atoms with Crippen molar-refractivity contribution in [1.29, 1.82) is 0 Å². The molecule has 3 atom stereocenters. The summed E-state index contributed by atoms with van der Waals surface area (Å²) in [5, 5.41) is 3.71. The largest absolute Gasteiger partial charge is 0.497 e. The van der Waals surface area contributed by atoms with E-state index in [1.807, 2.05) is 36.1 Å². The molecule has 1 aromatic carbocycles. The van der Waals surface area contributed by atoms with Crippen molar-refractivity contribution in [2.24, 2.45) is 7.05 Å². The lowest BCUT2D eigenvalue weighted by atomic mass is 10.0. The fourth-order valence-electron chi connectivity index (χ4n) is 3.21. The van der Waals surface area contributed by atoms with E-state index in [1.54, 1.807) is 7.11 Å². The van der Waals surface area contributed by atoms with Gasteiger partial charge in [-0.05, 0) is 37.5 Å². The van der Waals surface area contributed by atoms with Crippen LogP contribution in [0, 0.1) is 0 Å². The van der Waals surface area contributed by atoms with Gasteiger partial charge in [0.15, 0.2) is 0 Å². The Morgan fingerprint density at radius 2 is 2.17 bits per heavy atom. The normalized spacial score (nSPS) is 22.2. The number of aryl methyl sites for hydroxylation is 1. The van der Waals surface area contributed by atoms with Crippen molar-refractivity contribution in [2.75, 3.05) is 13.7 Å². The lowest BCUT2D eigenvalue weighted by Crippen LogP contribution is -2.40. The number of hydrogen-bond donors (Lipinski definition) is 1. The Kier molecular flexibility index (Phi) is 4.98. The van der Waals surface area contributed by atoms with Crippen LogP contribution in [-0.2, 0) is 18.2 Å². The van der Waals surface area contributed by atoms with Crippen LogP contribution in [0.2, 0.25) is 0 Å². The standard InChI is InChI=1S/C18H25N3O2/c1-13(12-14-4-6-15(22-3)7-5-14)20-16-8-11-23-17(16)18-19-9-10-21(18)2/h4-7,9-10,13,16-17,20H,8,11-12H2,1-3H3/t13-,16-,17-/m0/s1. The van der Waals surface area contributed by atoms with Gasteiger partial charge in [0.2, 0.25) is 0 Å². The minimum atomic E-state index is 0.0355. The molecule has 23 heavy (non-hydrogen) atoms. The zero-order chi connectivity index (χ0) is 16.2. The van der Waals surface area contributed by atoms with E-state index >= 15 is 0 Å². The average molecular weight is 315 g/mol. The molecule has 0 saturated carbocycles. The fourth-order valence-corrected chi connectivity index (χ4v) is 3.21. The second-order valence-electron chi connectivity index (χ2n) is 6.20. The SMILES string of the molecule is COc1ccc(C[C@H](C)N[C@H]2CCO[C@@H]2c2nccn2C)cc1. The zero-order valence-electron chi connectivity index (χ0n) is 14.0. The van der Waals surface area contributed by atoms with E-state index in [2.05, 4.69) is 29.4 Å². The van der Waals surface area contributed by atoms with Gasteiger partial charge in [-0.1, -0.05) is 12.1 Å². The van der Waals surface area contributed by atoms with Gasteiger partial charge in [-0.25, -0.2) is 4.98 Å². The molecule has 1 aliphatic rings. The van der Waals surface area contributed by atoms with Crippen LogP contribution >= 0.6 is 0 Å². The van der Waals surface area contributed by atoms with Gasteiger partial charge >= 0.3 is 0 Å². The number of rotatable bonds is 6. The van der Waals surface area contributed by atoms with Gasteiger partial charge in [-0.2, -0.15) is 0 Å². The average Bonchev–Trinajstić information content (AvgIpc) is 3.16. The molecule has 3 rings (SSSR count). The van der Waals surface area contributed by atoms with Gasteiger partial charge in [0, 0.05) is 38.1 Å². The predicted octanol–water partition coefficient (Wildman–Crippen LogP) is 2.48. The third kappa shape index (κ3) is 3.74. The Bertz CT molecular complexity index is 623. The smallest absolute Gasteiger partial charge is 0.139 e. The van der Waals surface area contributed by atoms with Crippen LogP contribution in [-0.4, -0.2) is 35.4 Å². The number of nitrogens with zero attached hydrogens (tertiary/aromatic N) is 2. The number of benzene rings is 1. The van der Waals surface area contributed by atoms with Gasteiger partial charge in [0.1, 0.15) is 17.7 Å². The summed E-state index contributed by atoms with van der Waals surface area (Å²) in [6, 6.07) is 8.95. The second kappa shape index (κ2) is 7.15. The number of methoxy groups -OCH3 is 1. The highest BCUT2D eigenvalue weighted by Gasteiger charge is 2.32. The van der Waals surface area contributed by atoms with Gasteiger partial charge in [0.05, 0.1) is 7.11 Å². The Morgan fingerprint density at radius 3 is 2.83 bits per heavy atom. The molecule has 1 N–H and O–H groups in total. The minimum absolute atomic E-state index is 0.0355. The van der Waals surface area contributed by atoms with Crippen molar-refractivity contribution < 1.29 is 9.47 Å². The fraction of sp³-hybridized carbons (Fsp3) is 0.500. The summed E-state index contributed by atoms with van der Waals surface area (Å²) in [7, 11) is 3.71. The molecular formula is C18H25N3O2. The van der Waals surface area contributed by atoms with Gasteiger partial charge < -0.3 is 19.4 Å². The second-order valence-corrected chi connectivity index (χ2v) is 6.20. The van der Waals surface area contributed by atoms with Gasteiger partial charge in [-0.3, -0.25) is 0 Å². The van der Waals surface area contributed by atoms with E-state index in [1.165, 1.54) is 5.56 Å². The molecule has 124 valence electrons. The topological polar surface area (TPSA) is 48.3 Å². The monoisotopic (exact) mass is 315 g/mol. The van der Waals surface area contributed by atoms with E-state index in [0.29, 0.717) is 12.1 Å². The number of nitrogens with one attached hydrogen (secondary N) is 1. The molecule has 0 radical (unpaired) electrons. The van der Waals surface area contributed by atoms with Crippen LogP contribution in [0.15, 0.2) is 36.7 Å². The summed E-state index contributed by atoms with van der Waals surface area (Å²) in [4.78, 5) is 4.44. The number of hydrogen-bond acceptors (Lipinski definition) is 4. The lowest BCUT2D eigenvalue weighted by Gasteiger charge is -2.24. The van der Waals surface area contributed by atoms with Crippen LogP contribution in [0.25, 0.3) is 0 Å². The van der Waals surface area contributed by atoms with Crippen molar-refractivity contribution in [2.45, 2.75) is 38.0 Å². The molecule has 1 aliphatic heterocycles. The van der Waals surface area contributed by atoms with Crippen molar-refractivity contribution >= 4 is 0 Å². The molecule has 1 aromatic heterocycles. The zero-order valence-corrected chi connectivity index (χ0v) is 14.0. The molecule has 2 heterocycles. The quantitative estimate of drug-likeness (QED) is 0.890. The number of aromatic nitrogens is 2.